The molecule has 2 nitrogen and oxygen atoms in total. The first-order chi connectivity index (χ1) is 6.68. The number of Topliss-reactive ketones (excluding diaryl/α,β-unsaturated/α-hetero) is 1. The lowest BCUT2D eigenvalue weighted by Gasteiger charge is -2.20. The quantitative estimate of drug-likeness (QED) is 0.764. The highest BCUT2D eigenvalue weighted by Crippen LogP contribution is 2.39. The van der Waals surface area contributed by atoms with E-state index in [4.69, 9.17) is 0 Å². The number of anilines is 1. The van der Waals surface area contributed by atoms with Crippen LogP contribution in [-0.4, -0.2) is 5.78 Å². The van der Waals surface area contributed by atoms with E-state index in [1.54, 1.807) is 18.7 Å². The van der Waals surface area contributed by atoms with Gasteiger partial charge in [-0.2, -0.15) is 0 Å². The Morgan fingerprint density at radius 2 is 2.07 bits per heavy atom. The van der Waals surface area contributed by atoms with Crippen molar-refractivity contribution in [3.63, 3.8) is 0 Å². The Balaban J connectivity index is 2.41. The van der Waals surface area contributed by atoms with Gasteiger partial charge in [-0.1, -0.05) is 23.9 Å². The molecule has 1 aliphatic rings. The molecule has 2 rings (SSSR count). The molecule has 0 bridgehead atoms. The third-order valence-corrected chi connectivity index (χ3v) is 3.46. The van der Waals surface area contributed by atoms with E-state index >= 15 is 0 Å². The van der Waals surface area contributed by atoms with Gasteiger partial charge in [0.15, 0.2) is 5.78 Å². The highest BCUT2D eigenvalue weighted by molar-refractivity contribution is 8.04. The van der Waals surface area contributed by atoms with E-state index in [0.717, 1.165) is 21.2 Å². The van der Waals surface area contributed by atoms with Crippen molar-refractivity contribution in [1.29, 1.82) is 0 Å². The van der Waals surface area contributed by atoms with Crippen LogP contribution in [0.2, 0.25) is 0 Å². The zero-order valence-electron chi connectivity index (χ0n) is 8.13. The molecule has 0 radical (unpaired) electrons. The van der Waals surface area contributed by atoms with Crippen molar-refractivity contribution in [2.24, 2.45) is 0 Å². The minimum atomic E-state index is 0.120. The molecule has 0 atom stereocenters. The molecular formula is C11H11NOS. The molecule has 0 unspecified atom stereocenters. The Morgan fingerprint density at radius 1 is 1.36 bits per heavy atom. The highest BCUT2D eigenvalue weighted by atomic mass is 32.2. The molecule has 0 aliphatic carbocycles. The zero-order valence-corrected chi connectivity index (χ0v) is 8.94. The third kappa shape index (κ3) is 1.55. The second-order valence-corrected chi connectivity index (χ2v) is 4.29. The average molecular weight is 205 g/mol. The van der Waals surface area contributed by atoms with Crippen LogP contribution in [0.1, 0.15) is 13.8 Å². The molecule has 1 heterocycles. The largest absolute Gasteiger partial charge is 0.357 e. The molecule has 0 aromatic heterocycles. The maximum Gasteiger partial charge on any atom is 0.168 e. The summed E-state index contributed by atoms with van der Waals surface area (Å²) in [5, 5.41) is 3.23. The number of fused-ring (bicyclic) bond motifs is 1. The van der Waals surface area contributed by atoms with Crippen LogP contribution in [0.15, 0.2) is 39.8 Å². The molecule has 0 fully saturated rings. The second-order valence-electron chi connectivity index (χ2n) is 3.23. The van der Waals surface area contributed by atoms with Gasteiger partial charge in [-0.15, -0.1) is 0 Å². The number of allylic oxidation sites excluding steroid dienone is 2. The third-order valence-electron chi connectivity index (χ3n) is 2.08. The Morgan fingerprint density at radius 3 is 2.79 bits per heavy atom. The van der Waals surface area contributed by atoms with Crippen LogP contribution in [-0.2, 0) is 4.79 Å². The van der Waals surface area contributed by atoms with Crippen molar-refractivity contribution in [2.45, 2.75) is 18.7 Å². The average Bonchev–Trinajstić information content (AvgIpc) is 2.16. The number of carbonyl (C=O) groups excluding carboxylic acids is 1. The fourth-order valence-electron chi connectivity index (χ4n) is 1.44. The van der Waals surface area contributed by atoms with Crippen molar-refractivity contribution in [1.82, 2.24) is 0 Å². The van der Waals surface area contributed by atoms with E-state index in [0.29, 0.717) is 0 Å². The molecule has 0 spiro atoms. The number of nitrogens with one attached hydrogen (secondary N) is 1. The molecule has 72 valence electrons. The Bertz CT molecular complexity index is 423. The van der Waals surface area contributed by atoms with E-state index in [1.165, 1.54) is 0 Å². The summed E-state index contributed by atoms with van der Waals surface area (Å²) < 4.78 is 0. The number of ketones is 1. The summed E-state index contributed by atoms with van der Waals surface area (Å²) in [4.78, 5) is 13.2. The maximum atomic E-state index is 11.3. The van der Waals surface area contributed by atoms with Crippen LogP contribution in [0.5, 0.6) is 0 Å². The number of thioether (sulfide) groups is 1. The molecular weight excluding hydrogens is 194 g/mol. The number of para-hydroxylation sites is 1. The number of hydrogen-bond acceptors (Lipinski definition) is 3. The zero-order chi connectivity index (χ0) is 10.1. The van der Waals surface area contributed by atoms with Gasteiger partial charge in [-0.3, -0.25) is 4.79 Å². The SMILES string of the molecule is CC(=O)C1=C(C)Nc2ccccc2S1. The first-order valence-corrected chi connectivity index (χ1v) is 5.26. The van der Waals surface area contributed by atoms with Gasteiger partial charge in [-0.25, -0.2) is 0 Å². The first kappa shape index (κ1) is 9.34. The molecule has 1 N–H and O–H groups in total. The van der Waals surface area contributed by atoms with Crippen LogP contribution in [0, 0.1) is 0 Å². The highest BCUT2D eigenvalue weighted by Gasteiger charge is 2.17. The van der Waals surface area contributed by atoms with Crippen LogP contribution in [0.25, 0.3) is 0 Å². The van der Waals surface area contributed by atoms with Crippen molar-refractivity contribution < 1.29 is 4.79 Å². The van der Waals surface area contributed by atoms with Gasteiger partial charge in [-0.05, 0) is 26.0 Å². The lowest BCUT2D eigenvalue weighted by atomic mass is 10.2. The Hall–Kier alpha value is -1.22. The normalized spacial score (nSPS) is 14.7. The van der Waals surface area contributed by atoms with E-state index < -0.39 is 0 Å². The standard InChI is InChI=1S/C11H11NOS/c1-7-11(8(2)13)14-10-6-4-3-5-9(10)12-7/h3-6,12H,1-2H3. The number of benzene rings is 1. The minimum Gasteiger partial charge on any atom is -0.357 e. The van der Waals surface area contributed by atoms with Crippen molar-refractivity contribution >= 4 is 23.2 Å². The molecule has 3 heteroatoms. The summed E-state index contributed by atoms with van der Waals surface area (Å²) in [6, 6.07) is 8.00. The van der Waals surface area contributed by atoms with Crippen LogP contribution in [0.3, 0.4) is 0 Å². The fraction of sp³-hybridized carbons (Fsp3) is 0.182. The van der Waals surface area contributed by atoms with Gasteiger partial charge in [0.05, 0.1) is 10.6 Å². The summed E-state index contributed by atoms with van der Waals surface area (Å²) in [5.74, 6) is 0.120. The molecule has 14 heavy (non-hydrogen) atoms. The molecule has 1 aliphatic heterocycles. The summed E-state index contributed by atoms with van der Waals surface area (Å²) in [6.07, 6.45) is 0. The first-order valence-electron chi connectivity index (χ1n) is 4.44. The summed E-state index contributed by atoms with van der Waals surface area (Å²) in [7, 11) is 0. The molecule has 1 aromatic rings. The minimum absolute atomic E-state index is 0.120. The topological polar surface area (TPSA) is 29.1 Å². The lowest BCUT2D eigenvalue weighted by Crippen LogP contribution is -2.09. The number of rotatable bonds is 1. The van der Waals surface area contributed by atoms with Crippen molar-refractivity contribution in [3.05, 3.63) is 34.9 Å². The van der Waals surface area contributed by atoms with Crippen LogP contribution >= 0.6 is 11.8 Å². The molecule has 0 saturated carbocycles. The monoisotopic (exact) mass is 205 g/mol. The Labute approximate surface area is 87.4 Å². The van der Waals surface area contributed by atoms with Gasteiger partial charge in [0.2, 0.25) is 0 Å². The number of hydrogen-bond donors (Lipinski definition) is 1. The summed E-state index contributed by atoms with van der Waals surface area (Å²) in [6.45, 7) is 3.53. The van der Waals surface area contributed by atoms with E-state index in [1.807, 2.05) is 31.2 Å². The molecule has 0 saturated heterocycles. The van der Waals surface area contributed by atoms with Gasteiger partial charge in [0, 0.05) is 10.6 Å². The summed E-state index contributed by atoms with van der Waals surface area (Å²) >= 11 is 1.54. The summed E-state index contributed by atoms with van der Waals surface area (Å²) in [5.41, 5.74) is 2.03. The predicted octanol–water partition coefficient (Wildman–Crippen LogP) is 3.02. The molecule has 0 amide bonds. The van der Waals surface area contributed by atoms with Gasteiger partial charge in [0.1, 0.15) is 0 Å². The van der Waals surface area contributed by atoms with Crippen LogP contribution < -0.4 is 5.32 Å². The van der Waals surface area contributed by atoms with E-state index in [2.05, 4.69) is 5.32 Å². The second kappa shape index (κ2) is 3.50. The maximum absolute atomic E-state index is 11.3. The predicted molar refractivity (Wildman–Crippen MR) is 59.3 cm³/mol. The van der Waals surface area contributed by atoms with E-state index in [-0.39, 0.29) is 5.78 Å². The fourth-order valence-corrected chi connectivity index (χ4v) is 2.38. The Kier molecular flexibility index (Phi) is 2.33. The van der Waals surface area contributed by atoms with Crippen LogP contribution in [0.4, 0.5) is 5.69 Å². The van der Waals surface area contributed by atoms with Gasteiger partial charge in [0.25, 0.3) is 0 Å². The van der Waals surface area contributed by atoms with Crippen molar-refractivity contribution in [2.75, 3.05) is 5.32 Å². The molecule has 1 aromatic carbocycles. The lowest BCUT2D eigenvalue weighted by molar-refractivity contribution is -0.113. The van der Waals surface area contributed by atoms with Gasteiger partial charge >= 0.3 is 0 Å². The van der Waals surface area contributed by atoms with Crippen molar-refractivity contribution in [3.8, 4) is 0 Å². The van der Waals surface area contributed by atoms with Gasteiger partial charge < -0.3 is 5.32 Å². The van der Waals surface area contributed by atoms with E-state index in [9.17, 15) is 4.79 Å². The number of carbonyl (C=O) groups is 1. The smallest absolute Gasteiger partial charge is 0.168 e.